The van der Waals surface area contributed by atoms with Crippen LogP contribution in [0.5, 0.6) is 28.7 Å². The Balaban J connectivity index is 1.39. The van der Waals surface area contributed by atoms with Gasteiger partial charge < -0.3 is 29.0 Å². The lowest BCUT2D eigenvalue weighted by atomic mass is 10.0. The molecule has 0 saturated carbocycles. The van der Waals surface area contributed by atoms with Crippen LogP contribution in [0.3, 0.4) is 0 Å². The van der Waals surface area contributed by atoms with Crippen LogP contribution in [0.25, 0.3) is 0 Å². The molecule has 0 bridgehead atoms. The molecule has 0 saturated heterocycles. The van der Waals surface area contributed by atoms with E-state index in [1.165, 1.54) is 5.56 Å². The molecule has 0 amide bonds. The van der Waals surface area contributed by atoms with Gasteiger partial charge in [-0.1, -0.05) is 49.4 Å². The van der Waals surface area contributed by atoms with E-state index in [1.807, 2.05) is 42.5 Å². The van der Waals surface area contributed by atoms with Crippen molar-refractivity contribution < 1.29 is 29.0 Å². The van der Waals surface area contributed by atoms with Crippen LogP contribution in [0.2, 0.25) is 0 Å². The summed E-state index contributed by atoms with van der Waals surface area (Å²) < 4.78 is 29.5. The lowest BCUT2D eigenvalue weighted by molar-refractivity contribution is -0.662. The van der Waals surface area contributed by atoms with E-state index in [-0.39, 0.29) is 12.2 Å². The Kier molecular flexibility index (Phi) is 7.58. The smallest absolute Gasteiger partial charge is 0.203 e. The summed E-state index contributed by atoms with van der Waals surface area (Å²) >= 11 is 0. The molecule has 4 rings (SSSR count). The summed E-state index contributed by atoms with van der Waals surface area (Å²) in [6.07, 6.45) is 0.727. The van der Waals surface area contributed by atoms with Crippen molar-refractivity contribution in [2.24, 2.45) is 0 Å². The standard InChI is InChI=1S/C27H31NO5/c1-4-19-12-14-20(15-13-19)26-25(32-21-8-5-6-9-22(21)33-26)18-28-16-17-31-27-23(29-2)10-7-11-24(27)30-3/h5-15,25-26,28H,4,16-18H2,1-3H3/p+1/t25-,26+/m1/s1. The van der Waals surface area contributed by atoms with Gasteiger partial charge in [0.1, 0.15) is 19.7 Å². The molecule has 0 radical (unpaired) electrons. The predicted molar refractivity (Wildman–Crippen MR) is 127 cm³/mol. The molecule has 174 valence electrons. The van der Waals surface area contributed by atoms with Crippen LogP contribution >= 0.6 is 0 Å². The summed E-state index contributed by atoms with van der Waals surface area (Å²) in [6, 6.07) is 22.1. The van der Waals surface area contributed by atoms with Gasteiger partial charge in [-0.25, -0.2) is 0 Å². The highest BCUT2D eigenvalue weighted by Gasteiger charge is 2.34. The van der Waals surface area contributed by atoms with E-state index in [2.05, 4.69) is 36.5 Å². The number of ether oxygens (including phenoxy) is 5. The first-order valence-electron chi connectivity index (χ1n) is 11.4. The normalized spacial score (nSPS) is 16.8. The Morgan fingerprint density at radius 2 is 1.48 bits per heavy atom. The first-order chi connectivity index (χ1) is 16.2. The number of fused-ring (bicyclic) bond motifs is 1. The van der Waals surface area contributed by atoms with Gasteiger partial charge in [-0.3, -0.25) is 0 Å². The number of rotatable bonds is 10. The molecule has 3 aromatic carbocycles. The zero-order chi connectivity index (χ0) is 23.0. The summed E-state index contributed by atoms with van der Waals surface area (Å²) in [4.78, 5) is 0. The van der Waals surface area contributed by atoms with Gasteiger partial charge in [0.2, 0.25) is 5.75 Å². The van der Waals surface area contributed by atoms with Crippen LogP contribution in [-0.4, -0.2) is 40.0 Å². The van der Waals surface area contributed by atoms with Crippen LogP contribution in [-0.2, 0) is 6.42 Å². The van der Waals surface area contributed by atoms with Gasteiger partial charge >= 0.3 is 0 Å². The maximum Gasteiger partial charge on any atom is 0.203 e. The second kappa shape index (κ2) is 11.0. The van der Waals surface area contributed by atoms with E-state index >= 15 is 0 Å². The van der Waals surface area contributed by atoms with Crippen molar-refractivity contribution in [2.45, 2.75) is 25.6 Å². The molecule has 1 aliphatic rings. The SMILES string of the molecule is CCc1ccc([C@@H]2Oc3ccccc3O[C@@H]2C[NH2+]CCOc2c(OC)cccc2OC)cc1. The van der Waals surface area contributed by atoms with E-state index in [1.54, 1.807) is 14.2 Å². The monoisotopic (exact) mass is 450 g/mol. The maximum atomic E-state index is 6.38. The molecule has 0 fully saturated rings. The average Bonchev–Trinajstić information content (AvgIpc) is 2.88. The summed E-state index contributed by atoms with van der Waals surface area (Å²) in [5.74, 6) is 3.50. The van der Waals surface area contributed by atoms with Gasteiger partial charge in [0, 0.05) is 0 Å². The van der Waals surface area contributed by atoms with Gasteiger partial charge in [0.05, 0.1) is 14.2 Å². The summed E-state index contributed by atoms with van der Waals surface area (Å²) in [5.41, 5.74) is 2.43. The number of hydrogen-bond donors (Lipinski definition) is 1. The third-order valence-electron chi connectivity index (χ3n) is 5.79. The Morgan fingerprint density at radius 1 is 0.818 bits per heavy atom. The minimum atomic E-state index is -0.169. The van der Waals surface area contributed by atoms with Crippen molar-refractivity contribution in [3.05, 3.63) is 77.9 Å². The number of hydrogen-bond acceptors (Lipinski definition) is 5. The Labute approximate surface area is 195 Å². The van der Waals surface area contributed by atoms with Crippen LogP contribution in [0, 0.1) is 0 Å². The van der Waals surface area contributed by atoms with Crippen molar-refractivity contribution in [3.8, 4) is 28.7 Å². The van der Waals surface area contributed by atoms with Gasteiger partial charge in [-0.05, 0) is 41.8 Å². The third kappa shape index (κ3) is 5.34. The number of nitrogens with two attached hydrogens (primary N) is 1. The van der Waals surface area contributed by atoms with E-state index in [0.29, 0.717) is 23.9 Å². The molecular weight excluding hydrogens is 418 g/mol. The minimum absolute atomic E-state index is 0.117. The van der Waals surface area contributed by atoms with Crippen LogP contribution in [0.15, 0.2) is 66.7 Å². The second-order valence-corrected chi connectivity index (χ2v) is 7.89. The molecule has 1 heterocycles. The number of aryl methyl sites for hydroxylation is 1. The molecule has 6 nitrogen and oxygen atoms in total. The van der Waals surface area contributed by atoms with Crippen molar-refractivity contribution >= 4 is 0 Å². The van der Waals surface area contributed by atoms with Crippen molar-refractivity contribution in [1.29, 1.82) is 0 Å². The lowest BCUT2D eigenvalue weighted by Crippen LogP contribution is -2.88. The molecule has 2 N–H and O–H groups in total. The zero-order valence-corrected chi connectivity index (χ0v) is 19.5. The fourth-order valence-corrected chi connectivity index (χ4v) is 3.97. The first-order valence-corrected chi connectivity index (χ1v) is 11.4. The summed E-state index contributed by atoms with van der Waals surface area (Å²) in [6.45, 7) is 4.16. The molecule has 2 atom stereocenters. The second-order valence-electron chi connectivity index (χ2n) is 7.89. The highest BCUT2D eigenvalue weighted by atomic mass is 16.6. The van der Waals surface area contributed by atoms with Crippen molar-refractivity contribution in [3.63, 3.8) is 0 Å². The summed E-state index contributed by atoms with van der Waals surface area (Å²) in [5, 5.41) is 2.19. The fraction of sp³-hybridized carbons (Fsp3) is 0.333. The number of methoxy groups -OCH3 is 2. The Hall–Kier alpha value is -3.38. The van der Waals surface area contributed by atoms with Gasteiger partial charge in [0.25, 0.3) is 0 Å². The van der Waals surface area contributed by atoms with Crippen LogP contribution in [0.4, 0.5) is 0 Å². The molecule has 6 heteroatoms. The fourth-order valence-electron chi connectivity index (χ4n) is 3.97. The largest absolute Gasteiger partial charge is 0.493 e. The quantitative estimate of drug-likeness (QED) is 0.476. The molecule has 0 spiro atoms. The molecule has 33 heavy (non-hydrogen) atoms. The topological polar surface area (TPSA) is 62.8 Å². The zero-order valence-electron chi connectivity index (χ0n) is 19.5. The van der Waals surface area contributed by atoms with E-state index in [9.17, 15) is 0 Å². The molecule has 0 aliphatic carbocycles. The van der Waals surface area contributed by atoms with Crippen LogP contribution < -0.4 is 29.0 Å². The molecule has 1 aliphatic heterocycles. The Morgan fingerprint density at radius 3 is 2.12 bits per heavy atom. The maximum absolute atomic E-state index is 6.38. The van der Waals surface area contributed by atoms with E-state index in [4.69, 9.17) is 23.7 Å². The van der Waals surface area contributed by atoms with E-state index in [0.717, 1.165) is 36.6 Å². The Bertz CT molecular complexity index is 1010. The first kappa shape index (κ1) is 22.8. The van der Waals surface area contributed by atoms with Crippen LogP contribution in [0.1, 0.15) is 24.2 Å². The van der Waals surface area contributed by atoms with Gasteiger partial charge in [-0.15, -0.1) is 0 Å². The van der Waals surface area contributed by atoms with Crippen molar-refractivity contribution in [1.82, 2.24) is 0 Å². The predicted octanol–water partition coefficient (Wildman–Crippen LogP) is 3.79. The minimum Gasteiger partial charge on any atom is -0.493 e. The number of benzene rings is 3. The number of quaternary nitrogens is 1. The highest BCUT2D eigenvalue weighted by molar-refractivity contribution is 5.51. The van der Waals surface area contributed by atoms with E-state index < -0.39 is 0 Å². The van der Waals surface area contributed by atoms with Crippen molar-refractivity contribution in [2.75, 3.05) is 33.9 Å². The molecule has 0 unspecified atom stereocenters. The third-order valence-corrected chi connectivity index (χ3v) is 5.79. The van der Waals surface area contributed by atoms with Gasteiger partial charge in [0.15, 0.2) is 35.2 Å². The summed E-state index contributed by atoms with van der Waals surface area (Å²) in [7, 11) is 3.25. The highest BCUT2D eigenvalue weighted by Crippen LogP contribution is 2.39. The molecule has 3 aromatic rings. The lowest BCUT2D eigenvalue weighted by Gasteiger charge is -2.33. The molecular formula is C27H32NO5+. The van der Waals surface area contributed by atoms with Gasteiger partial charge in [-0.2, -0.15) is 0 Å². The number of para-hydroxylation sites is 3. The molecule has 0 aromatic heterocycles. The average molecular weight is 451 g/mol.